The van der Waals surface area contributed by atoms with Crippen molar-refractivity contribution < 1.29 is 9.72 Å². The Bertz CT molecular complexity index is 539. The van der Waals surface area contributed by atoms with Crippen LogP contribution in [0.4, 0.5) is 11.4 Å². The third-order valence-electron chi connectivity index (χ3n) is 3.98. The van der Waals surface area contributed by atoms with E-state index in [9.17, 15) is 14.9 Å². The highest BCUT2D eigenvalue weighted by molar-refractivity contribution is 5.95. The zero-order valence-corrected chi connectivity index (χ0v) is 13.2. The number of nitro benzene ring substituents is 1. The average molecular weight is 293 g/mol. The zero-order chi connectivity index (χ0) is 16.2. The summed E-state index contributed by atoms with van der Waals surface area (Å²) >= 11 is 0. The minimum absolute atomic E-state index is 0.0170. The normalized spacial score (nSPS) is 11.3. The molecule has 6 nitrogen and oxygen atoms in total. The maximum absolute atomic E-state index is 11.6. The monoisotopic (exact) mass is 293 g/mol. The number of hydrogen-bond donors (Lipinski definition) is 2. The van der Waals surface area contributed by atoms with Gasteiger partial charge in [0, 0.05) is 25.2 Å². The molecule has 2 N–H and O–H groups in total. The van der Waals surface area contributed by atoms with Crippen LogP contribution in [-0.2, 0) is 0 Å². The van der Waals surface area contributed by atoms with Crippen LogP contribution in [0.25, 0.3) is 0 Å². The highest BCUT2D eigenvalue weighted by Crippen LogP contribution is 2.30. The quantitative estimate of drug-likeness (QED) is 0.623. The topological polar surface area (TPSA) is 84.3 Å². The molecule has 1 rings (SSSR count). The largest absolute Gasteiger partial charge is 0.379 e. The molecule has 0 unspecified atom stereocenters. The molecular formula is C15H23N3O3. The summed E-state index contributed by atoms with van der Waals surface area (Å²) in [5.41, 5.74) is 0.724. The Labute approximate surface area is 125 Å². The SMILES string of the molecule is CNC(=O)c1ccc([N+](=O)[O-])c(NCC(C)(C)C(C)C)c1. The molecule has 0 heterocycles. The summed E-state index contributed by atoms with van der Waals surface area (Å²) in [6.07, 6.45) is 0. The van der Waals surface area contributed by atoms with Gasteiger partial charge in [-0.15, -0.1) is 0 Å². The van der Waals surface area contributed by atoms with E-state index >= 15 is 0 Å². The van der Waals surface area contributed by atoms with E-state index < -0.39 is 4.92 Å². The summed E-state index contributed by atoms with van der Waals surface area (Å²) in [4.78, 5) is 22.3. The highest BCUT2D eigenvalue weighted by Gasteiger charge is 2.24. The number of hydrogen-bond acceptors (Lipinski definition) is 4. The van der Waals surface area contributed by atoms with Crippen LogP contribution in [0.2, 0.25) is 0 Å². The second-order valence-corrected chi connectivity index (χ2v) is 6.06. The van der Waals surface area contributed by atoms with Crippen LogP contribution >= 0.6 is 0 Å². The minimum atomic E-state index is -0.446. The second-order valence-electron chi connectivity index (χ2n) is 6.06. The molecule has 0 spiro atoms. The molecule has 0 aliphatic heterocycles. The van der Waals surface area contributed by atoms with E-state index in [-0.39, 0.29) is 17.0 Å². The van der Waals surface area contributed by atoms with E-state index in [0.29, 0.717) is 23.7 Å². The van der Waals surface area contributed by atoms with Gasteiger partial charge in [-0.3, -0.25) is 14.9 Å². The first-order valence-electron chi connectivity index (χ1n) is 6.93. The number of benzene rings is 1. The Morgan fingerprint density at radius 1 is 1.38 bits per heavy atom. The Kier molecular flexibility index (Phi) is 5.29. The summed E-state index contributed by atoms with van der Waals surface area (Å²) < 4.78 is 0. The van der Waals surface area contributed by atoms with Gasteiger partial charge >= 0.3 is 0 Å². The van der Waals surface area contributed by atoms with Gasteiger partial charge in [0.1, 0.15) is 5.69 Å². The molecule has 0 aliphatic rings. The fourth-order valence-electron chi connectivity index (χ4n) is 1.65. The number of nitro groups is 1. The molecule has 1 aromatic carbocycles. The van der Waals surface area contributed by atoms with Gasteiger partial charge in [-0.05, 0) is 23.5 Å². The summed E-state index contributed by atoms with van der Waals surface area (Å²) in [7, 11) is 1.53. The molecule has 0 aliphatic carbocycles. The summed E-state index contributed by atoms with van der Waals surface area (Å²) in [5.74, 6) is 0.155. The molecular weight excluding hydrogens is 270 g/mol. The molecule has 0 bridgehead atoms. The van der Waals surface area contributed by atoms with Crippen molar-refractivity contribution in [2.24, 2.45) is 11.3 Å². The lowest BCUT2D eigenvalue weighted by Gasteiger charge is -2.29. The number of carbonyl (C=O) groups excluding carboxylic acids is 1. The van der Waals surface area contributed by atoms with Crippen molar-refractivity contribution in [1.82, 2.24) is 5.32 Å². The molecule has 116 valence electrons. The Morgan fingerprint density at radius 2 is 2.00 bits per heavy atom. The van der Waals surface area contributed by atoms with Crippen molar-refractivity contribution in [2.75, 3.05) is 18.9 Å². The summed E-state index contributed by atoms with van der Waals surface area (Å²) in [6.45, 7) is 9.00. The van der Waals surface area contributed by atoms with Crippen molar-refractivity contribution in [3.8, 4) is 0 Å². The van der Waals surface area contributed by atoms with E-state index in [0.717, 1.165) is 0 Å². The van der Waals surface area contributed by atoms with Gasteiger partial charge in [0.05, 0.1) is 4.92 Å². The number of amides is 1. The van der Waals surface area contributed by atoms with Crippen molar-refractivity contribution in [3.63, 3.8) is 0 Å². The lowest BCUT2D eigenvalue weighted by molar-refractivity contribution is -0.384. The Hall–Kier alpha value is -2.11. The van der Waals surface area contributed by atoms with Crippen molar-refractivity contribution in [3.05, 3.63) is 33.9 Å². The van der Waals surface area contributed by atoms with Gasteiger partial charge in [0.2, 0.25) is 0 Å². The zero-order valence-electron chi connectivity index (χ0n) is 13.2. The number of rotatable bonds is 6. The van der Waals surface area contributed by atoms with E-state index in [1.807, 2.05) is 0 Å². The molecule has 0 fully saturated rings. The van der Waals surface area contributed by atoms with Crippen LogP contribution < -0.4 is 10.6 Å². The minimum Gasteiger partial charge on any atom is -0.379 e. The lowest BCUT2D eigenvalue weighted by Crippen LogP contribution is -2.28. The molecule has 0 radical (unpaired) electrons. The first kappa shape index (κ1) is 16.9. The summed E-state index contributed by atoms with van der Waals surface area (Å²) in [6, 6.07) is 4.33. The van der Waals surface area contributed by atoms with E-state index in [1.165, 1.54) is 25.2 Å². The van der Waals surface area contributed by atoms with Crippen molar-refractivity contribution in [2.45, 2.75) is 27.7 Å². The molecule has 6 heteroatoms. The van der Waals surface area contributed by atoms with Gasteiger partial charge in [0.25, 0.3) is 11.6 Å². The van der Waals surface area contributed by atoms with Crippen LogP contribution in [-0.4, -0.2) is 24.4 Å². The third-order valence-corrected chi connectivity index (χ3v) is 3.98. The van der Waals surface area contributed by atoms with Gasteiger partial charge in [-0.1, -0.05) is 27.7 Å². The third kappa shape index (κ3) is 4.18. The fraction of sp³-hybridized carbons (Fsp3) is 0.533. The predicted octanol–water partition coefficient (Wildman–Crippen LogP) is 3.05. The molecule has 1 amide bonds. The molecule has 1 aromatic rings. The fourth-order valence-corrected chi connectivity index (χ4v) is 1.65. The van der Waals surface area contributed by atoms with Crippen LogP contribution in [0.5, 0.6) is 0 Å². The van der Waals surface area contributed by atoms with E-state index in [4.69, 9.17) is 0 Å². The Morgan fingerprint density at radius 3 is 2.48 bits per heavy atom. The van der Waals surface area contributed by atoms with Gasteiger partial charge in [-0.2, -0.15) is 0 Å². The lowest BCUT2D eigenvalue weighted by atomic mass is 9.81. The standard InChI is InChI=1S/C15H23N3O3/c1-10(2)15(3,4)9-17-12-8-11(14(19)16-5)6-7-13(12)18(20)21/h6-8,10,17H,9H2,1-5H3,(H,16,19). The predicted molar refractivity (Wildman–Crippen MR) is 83.6 cm³/mol. The molecule has 0 saturated carbocycles. The van der Waals surface area contributed by atoms with E-state index in [2.05, 4.69) is 38.3 Å². The van der Waals surface area contributed by atoms with Crippen LogP contribution in [0.1, 0.15) is 38.1 Å². The highest BCUT2D eigenvalue weighted by atomic mass is 16.6. The van der Waals surface area contributed by atoms with Crippen molar-refractivity contribution in [1.29, 1.82) is 0 Å². The molecule has 0 saturated heterocycles. The van der Waals surface area contributed by atoms with Crippen LogP contribution in [0, 0.1) is 21.4 Å². The molecule has 0 aromatic heterocycles. The maximum Gasteiger partial charge on any atom is 0.292 e. The number of carbonyl (C=O) groups is 1. The number of nitrogens with one attached hydrogen (secondary N) is 2. The van der Waals surface area contributed by atoms with Crippen LogP contribution in [0.3, 0.4) is 0 Å². The summed E-state index contributed by atoms with van der Waals surface area (Å²) in [5, 5.41) is 16.7. The van der Waals surface area contributed by atoms with Gasteiger partial charge in [0.15, 0.2) is 0 Å². The van der Waals surface area contributed by atoms with Crippen LogP contribution in [0.15, 0.2) is 18.2 Å². The first-order chi connectivity index (χ1) is 9.69. The second kappa shape index (κ2) is 6.56. The van der Waals surface area contributed by atoms with E-state index in [1.54, 1.807) is 0 Å². The number of anilines is 1. The molecule has 21 heavy (non-hydrogen) atoms. The van der Waals surface area contributed by atoms with Gasteiger partial charge < -0.3 is 10.6 Å². The maximum atomic E-state index is 11.6. The molecule has 0 atom stereocenters. The number of nitrogens with zero attached hydrogens (tertiary/aromatic N) is 1. The average Bonchev–Trinajstić information content (AvgIpc) is 2.43. The first-order valence-corrected chi connectivity index (χ1v) is 6.93. The van der Waals surface area contributed by atoms with Crippen molar-refractivity contribution >= 4 is 17.3 Å². The smallest absolute Gasteiger partial charge is 0.292 e. The Balaban J connectivity index is 3.07. The van der Waals surface area contributed by atoms with Gasteiger partial charge in [-0.25, -0.2) is 0 Å².